The van der Waals surface area contributed by atoms with Gasteiger partial charge in [-0.2, -0.15) is 5.26 Å². The molecule has 0 spiro atoms. The van der Waals surface area contributed by atoms with E-state index in [9.17, 15) is 8.42 Å². The first-order chi connectivity index (χ1) is 8.93. The van der Waals surface area contributed by atoms with Crippen molar-refractivity contribution in [1.29, 1.82) is 5.26 Å². The van der Waals surface area contributed by atoms with Crippen LogP contribution in [0.1, 0.15) is 6.42 Å². The topological polar surface area (TPSA) is 96.4 Å². The van der Waals surface area contributed by atoms with E-state index in [1.807, 2.05) is 11.9 Å². The fraction of sp³-hybridized carbons (Fsp3) is 0.417. The summed E-state index contributed by atoms with van der Waals surface area (Å²) >= 11 is 0. The quantitative estimate of drug-likeness (QED) is 0.788. The van der Waals surface area contributed by atoms with E-state index in [-0.39, 0.29) is 4.90 Å². The third-order valence-corrected chi connectivity index (χ3v) is 3.43. The van der Waals surface area contributed by atoms with Crippen LogP contribution in [-0.4, -0.2) is 40.1 Å². The minimum Gasteiger partial charge on any atom is -0.492 e. The molecule has 0 aliphatic carbocycles. The van der Waals surface area contributed by atoms with Gasteiger partial charge in [-0.1, -0.05) is 0 Å². The van der Waals surface area contributed by atoms with Crippen molar-refractivity contribution in [3.05, 3.63) is 24.3 Å². The maximum absolute atomic E-state index is 11.1. The van der Waals surface area contributed by atoms with Crippen molar-refractivity contribution < 1.29 is 13.2 Å². The van der Waals surface area contributed by atoms with Gasteiger partial charge in [0.25, 0.3) is 0 Å². The first kappa shape index (κ1) is 15.4. The molecule has 1 aromatic carbocycles. The second-order valence-electron chi connectivity index (χ2n) is 4.08. The normalized spacial score (nSPS) is 11.3. The zero-order chi connectivity index (χ0) is 14.3. The average Bonchev–Trinajstić information content (AvgIpc) is 2.36. The van der Waals surface area contributed by atoms with Gasteiger partial charge < -0.3 is 9.64 Å². The van der Waals surface area contributed by atoms with E-state index in [0.29, 0.717) is 31.9 Å². The Morgan fingerprint density at radius 2 is 1.95 bits per heavy atom. The number of primary sulfonamides is 1. The Labute approximate surface area is 113 Å². The molecule has 0 saturated carbocycles. The standard InChI is InChI=1S/C12H17N3O3S/c1-15(8-2-7-13)9-10-18-11-3-5-12(6-4-11)19(14,16)17/h3-6H,2,8-10H2,1H3,(H2,14,16,17). The second-order valence-corrected chi connectivity index (χ2v) is 5.64. The molecule has 1 aromatic rings. The van der Waals surface area contributed by atoms with Crippen LogP contribution >= 0.6 is 0 Å². The first-order valence-corrected chi connectivity index (χ1v) is 7.29. The lowest BCUT2D eigenvalue weighted by Gasteiger charge is -2.15. The number of rotatable bonds is 7. The number of hydrogen-bond donors (Lipinski definition) is 1. The maximum atomic E-state index is 11.1. The summed E-state index contributed by atoms with van der Waals surface area (Å²) in [7, 11) is -1.75. The van der Waals surface area contributed by atoms with Gasteiger partial charge in [-0.15, -0.1) is 0 Å². The fourth-order valence-electron chi connectivity index (χ4n) is 1.40. The van der Waals surface area contributed by atoms with Gasteiger partial charge in [-0.25, -0.2) is 13.6 Å². The minimum absolute atomic E-state index is 0.0611. The molecule has 0 bridgehead atoms. The van der Waals surface area contributed by atoms with Crippen molar-refractivity contribution in [3.63, 3.8) is 0 Å². The van der Waals surface area contributed by atoms with Gasteiger partial charge in [0.1, 0.15) is 12.4 Å². The lowest BCUT2D eigenvalue weighted by molar-refractivity contribution is 0.240. The molecular weight excluding hydrogens is 266 g/mol. The highest BCUT2D eigenvalue weighted by Crippen LogP contribution is 2.14. The summed E-state index contributed by atoms with van der Waals surface area (Å²) in [6, 6.07) is 8.02. The van der Waals surface area contributed by atoms with Gasteiger partial charge in [0, 0.05) is 19.5 Å². The van der Waals surface area contributed by atoms with Crippen molar-refractivity contribution in [2.24, 2.45) is 5.14 Å². The number of nitrogens with zero attached hydrogens (tertiary/aromatic N) is 2. The molecule has 0 atom stereocenters. The van der Waals surface area contributed by atoms with Crippen LogP contribution in [0.3, 0.4) is 0 Å². The van der Waals surface area contributed by atoms with Crippen LogP contribution in [0.15, 0.2) is 29.2 Å². The highest BCUT2D eigenvalue weighted by atomic mass is 32.2. The molecular formula is C12H17N3O3S. The number of likely N-dealkylation sites (N-methyl/N-ethyl adjacent to an activating group) is 1. The number of benzene rings is 1. The molecule has 7 heteroatoms. The lowest BCUT2D eigenvalue weighted by atomic mass is 10.3. The summed E-state index contributed by atoms with van der Waals surface area (Å²) < 4.78 is 27.6. The van der Waals surface area contributed by atoms with E-state index < -0.39 is 10.0 Å². The molecule has 19 heavy (non-hydrogen) atoms. The Hall–Kier alpha value is -1.62. The Morgan fingerprint density at radius 1 is 1.32 bits per heavy atom. The minimum atomic E-state index is -3.66. The number of hydrogen-bond acceptors (Lipinski definition) is 5. The van der Waals surface area contributed by atoms with E-state index in [2.05, 4.69) is 6.07 Å². The summed E-state index contributed by atoms with van der Waals surface area (Å²) in [5.41, 5.74) is 0. The second kappa shape index (κ2) is 7.09. The molecule has 0 amide bonds. The molecule has 0 fully saturated rings. The number of nitriles is 1. The first-order valence-electron chi connectivity index (χ1n) is 5.74. The predicted molar refractivity (Wildman–Crippen MR) is 71.0 cm³/mol. The Bertz CT molecular complexity index is 534. The molecule has 0 aromatic heterocycles. The summed E-state index contributed by atoms with van der Waals surface area (Å²) in [5.74, 6) is 0.584. The van der Waals surface area contributed by atoms with Gasteiger partial charge in [0.2, 0.25) is 10.0 Å². The number of ether oxygens (including phenoxy) is 1. The molecule has 1 rings (SSSR count). The Morgan fingerprint density at radius 3 is 2.47 bits per heavy atom. The van der Waals surface area contributed by atoms with Crippen molar-refractivity contribution in [2.75, 3.05) is 26.7 Å². The third kappa shape index (κ3) is 5.70. The van der Waals surface area contributed by atoms with Crippen LogP contribution in [-0.2, 0) is 10.0 Å². The van der Waals surface area contributed by atoms with Crippen molar-refractivity contribution in [1.82, 2.24) is 4.90 Å². The van der Waals surface area contributed by atoms with Gasteiger partial charge in [0.05, 0.1) is 11.0 Å². The van der Waals surface area contributed by atoms with Crippen molar-refractivity contribution >= 4 is 10.0 Å². The number of nitrogens with two attached hydrogens (primary N) is 1. The molecule has 6 nitrogen and oxygen atoms in total. The van der Waals surface area contributed by atoms with Crippen LogP contribution < -0.4 is 9.88 Å². The van der Waals surface area contributed by atoms with Crippen LogP contribution in [0.25, 0.3) is 0 Å². The maximum Gasteiger partial charge on any atom is 0.238 e. The molecule has 2 N–H and O–H groups in total. The summed E-state index contributed by atoms with van der Waals surface area (Å²) in [5, 5.41) is 13.4. The van der Waals surface area contributed by atoms with Gasteiger partial charge in [-0.05, 0) is 31.3 Å². The van der Waals surface area contributed by atoms with E-state index in [1.54, 1.807) is 12.1 Å². The van der Waals surface area contributed by atoms with E-state index in [1.165, 1.54) is 12.1 Å². The molecule has 104 valence electrons. The van der Waals surface area contributed by atoms with Gasteiger partial charge in [0.15, 0.2) is 0 Å². The molecule has 0 aliphatic rings. The molecule has 0 unspecified atom stereocenters. The highest BCUT2D eigenvalue weighted by Gasteiger charge is 2.07. The van der Waals surface area contributed by atoms with E-state index >= 15 is 0 Å². The molecule has 0 aliphatic heterocycles. The SMILES string of the molecule is CN(CCC#N)CCOc1ccc(S(N)(=O)=O)cc1. The largest absolute Gasteiger partial charge is 0.492 e. The monoisotopic (exact) mass is 283 g/mol. The van der Waals surface area contributed by atoms with Crippen LogP contribution in [0.2, 0.25) is 0 Å². The molecule has 0 radical (unpaired) electrons. The smallest absolute Gasteiger partial charge is 0.238 e. The summed E-state index contributed by atoms with van der Waals surface area (Å²) in [4.78, 5) is 2.05. The summed E-state index contributed by atoms with van der Waals surface area (Å²) in [6.45, 7) is 1.86. The highest BCUT2D eigenvalue weighted by molar-refractivity contribution is 7.89. The average molecular weight is 283 g/mol. The molecule has 0 saturated heterocycles. The predicted octanol–water partition coefficient (Wildman–Crippen LogP) is 0.558. The van der Waals surface area contributed by atoms with Crippen molar-refractivity contribution in [2.45, 2.75) is 11.3 Å². The number of sulfonamides is 1. The van der Waals surface area contributed by atoms with Crippen LogP contribution in [0, 0.1) is 11.3 Å². The van der Waals surface area contributed by atoms with Gasteiger partial charge >= 0.3 is 0 Å². The zero-order valence-electron chi connectivity index (χ0n) is 10.7. The van der Waals surface area contributed by atoms with Gasteiger partial charge in [-0.3, -0.25) is 0 Å². The Kier molecular flexibility index (Phi) is 5.76. The Balaban J connectivity index is 2.41. The van der Waals surface area contributed by atoms with E-state index in [4.69, 9.17) is 15.1 Å². The lowest BCUT2D eigenvalue weighted by Crippen LogP contribution is -2.25. The van der Waals surface area contributed by atoms with Crippen LogP contribution in [0.4, 0.5) is 0 Å². The molecule has 0 heterocycles. The summed E-state index contributed by atoms with van der Waals surface area (Å²) in [6.07, 6.45) is 0.486. The van der Waals surface area contributed by atoms with Crippen LogP contribution in [0.5, 0.6) is 5.75 Å². The zero-order valence-corrected chi connectivity index (χ0v) is 11.6. The third-order valence-electron chi connectivity index (χ3n) is 2.50. The fourth-order valence-corrected chi connectivity index (χ4v) is 1.91. The van der Waals surface area contributed by atoms with Crippen molar-refractivity contribution in [3.8, 4) is 11.8 Å². The van der Waals surface area contributed by atoms with E-state index in [0.717, 1.165) is 0 Å².